The van der Waals surface area contributed by atoms with Gasteiger partial charge in [-0.1, -0.05) is 0 Å². The fourth-order valence-electron chi connectivity index (χ4n) is 2.17. The van der Waals surface area contributed by atoms with Gasteiger partial charge in [-0.05, 0) is 58.4 Å². The molecule has 2 heterocycles. The van der Waals surface area contributed by atoms with Gasteiger partial charge in [-0.25, -0.2) is 9.69 Å². The summed E-state index contributed by atoms with van der Waals surface area (Å²) >= 11 is 3.14. The Kier molecular flexibility index (Phi) is 4.22. The van der Waals surface area contributed by atoms with Gasteiger partial charge in [-0.2, -0.15) is 0 Å². The zero-order chi connectivity index (χ0) is 17.3. The van der Waals surface area contributed by atoms with Gasteiger partial charge >= 0.3 is 6.03 Å². The monoisotopic (exact) mass is 390 g/mol. The first-order valence-electron chi connectivity index (χ1n) is 6.80. The largest absolute Gasteiger partial charge is 0.497 e. The average molecular weight is 391 g/mol. The highest BCUT2D eigenvalue weighted by Crippen LogP contribution is 2.25. The highest BCUT2D eigenvalue weighted by molar-refractivity contribution is 9.10. The number of rotatable bonds is 3. The second kappa shape index (κ2) is 6.32. The van der Waals surface area contributed by atoms with E-state index in [1.54, 1.807) is 36.4 Å². The van der Waals surface area contributed by atoms with E-state index < -0.39 is 17.8 Å². The van der Waals surface area contributed by atoms with Crippen LogP contribution >= 0.6 is 15.9 Å². The number of imide groups is 2. The molecular formula is C16H11BrN2O5. The molecule has 1 N–H and O–H groups in total. The standard InChI is InChI=1S/C16H11BrN2O5/c1-23-10-4-2-9(3-5-10)19-15(21)12(14(20)18-16(19)22)8-11-6-7-13(17)24-11/h2-8H,1H3,(H,18,20,22)/b12-8+. The molecule has 2 aromatic rings. The topological polar surface area (TPSA) is 88.8 Å². The number of nitrogens with zero attached hydrogens (tertiary/aromatic N) is 1. The minimum atomic E-state index is -0.812. The van der Waals surface area contributed by atoms with Crippen molar-refractivity contribution in [3.63, 3.8) is 0 Å². The molecule has 4 amide bonds. The zero-order valence-electron chi connectivity index (χ0n) is 12.4. The predicted octanol–water partition coefficient (Wildman–Crippen LogP) is 2.72. The SMILES string of the molecule is COc1ccc(N2C(=O)NC(=O)/C(=C\c3ccc(Br)o3)C2=O)cc1. The minimum Gasteiger partial charge on any atom is -0.497 e. The molecule has 0 unspecified atom stereocenters. The van der Waals surface area contributed by atoms with Crippen LogP contribution in [0.1, 0.15) is 5.76 Å². The number of urea groups is 1. The Morgan fingerprint density at radius 2 is 1.83 bits per heavy atom. The van der Waals surface area contributed by atoms with Crippen LogP contribution < -0.4 is 15.0 Å². The van der Waals surface area contributed by atoms with Gasteiger partial charge in [-0.15, -0.1) is 0 Å². The Morgan fingerprint density at radius 1 is 1.12 bits per heavy atom. The Hall–Kier alpha value is -2.87. The van der Waals surface area contributed by atoms with Gasteiger partial charge in [0.1, 0.15) is 17.1 Å². The maximum Gasteiger partial charge on any atom is 0.335 e. The van der Waals surface area contributed by atoms with Crippen molar-refractivity contribution >= 4 is 45.5 Å². The van der Waals surface area contributed by atoms with E-state index in [0.717, 1.165) is 4.90 Å². The number of amides is 4. The van der Waals surface area contributed by atoms with Gasteiger partial charge in [0.25, 0.3) is 11.8 Å². The number of carbonyl (C=O) groups excluding carboxylic acids is 3. The van der Waals surface area contributed by atoms with E-state index in [0.29, 0.717) is 21.9 Å². The summed E-state index contributed by atoms with van der Waals surface area (Å²) in [6, 6.07) is 8.72. The van der Waals surface area contributed by atoms with Crippen LogP contribution in [-0.2, 0) is 9.59 Å². The van der Waals surface area contributed by atoms with Crippen LogP contribution in [0.3, 0.4) is 0 Å². The Balaban J connectivity index is 1.97. The number of carbonyl (C=O) groups is 3. The van der Waals surface area contributed by atoms with Crippen LogP contribution in [0, 0.1) is 0 Å². The lowest BCUT2D eigenvalue weighted by molar-refractivity contribution is -0.122. The van der Waals surface area contributed by atoms with Crippen molar-refractivity contribution in [3.8, 4) is 5.75 Å². The molecular weight excluding hydrogens is 380 g/mol. The summed E-state index contributed by atoms with van der Waals surface area (Å²) in [6.07, 6.45) is 1.28. The quantitative estimate of drug-likeness (QED) is 0.642. The number of methoxy groups -OCH3 is 1. The molecule has 1 aliphatic rings. The lowest BCUT2D eigenvalue weighted by Gasteiger charge is -2.26. The van der Waals surface area contributed by atoms with E-state index in [9.17, 15) is 14.4 Å². The van der Waals surface area contributed by atoms with Crippen LogP contribution in [0.2, 0.25) is 0 Å². The lowest BCUT2D eigenvalue weighted by atomic mass is 10.1. The number of benzene rings is 1. The van der Waals surface area contributed by atoms with E-state index in [1.807, 2.05) is 0 Å². The average Bonchev–Trinajstić information content (AvgIpc) is 2.97. The van der Waals surface area contributed by atoms with E-state index in [1.165, 1.54) is 13.2 Å². The van der Waals surface area contributed by atoms with Gasteiger partial charge in [0.2, 0.25) is 0 Å². The zero-order valence-corrected chi connectivity index (χ0v) is 14.0. The molecule has 8 heteroatoms. The van der Waals surface area contributed by atoms with E-state index in [4.69, 9.17) is 9.15 Å². The highest BCUT2D eigenvalue weighted by Gasteiger charge is 2.37. The molecule has 1 fully saturated rings. The van der Waals surface area contributed by atoms with Crippen molar-refractivity contribution in [2.75, 3.05) is 12.0 Å². The van der Waals surface area contributed by atoms with Crippen LogP contribution in [-0.4, -0.2) is 25.0 Å². The van der Waals surface area contributed by atoms with Crippen molar-refractivity contribution in [2.24, 2.45) is 0 Å². The third-order valence-corrected chi connectivity index (χ3v) is 3.74. The van der Waals surface area contributed by atoms with Gasteiger partial charge in [0, 0.05) is 0 Å². The van der Waals surface area contributed by atoms with Crippen molar-refractivity contribution in [1.82, 2.24) is 5.32 Å². The summed E-state index contributed by atoms with van der Waals surface area (Å²) in [5.41, 5.74) is 0.115. The van der Waals surface area contributed by atoms with Gasteiger partial charge < -0.3 is 9.15 Å². The number of hydrogen-bond acceptors (Lipinski definition) is 5. The number of halogens is 1. The number of ether oxygens (including phenoxy) is 1. The second-order valence-electron chi connectivity index (χ2n) is 4.80. The Labute approximate surface area is 145 Å². The molecule has 0 saturated carbocycles. The summed E-state index contributed by atoms with van der Waals surface area (Å²) in [6.45, 7) is 0. The van der Waals surface area contributed by atoms with Crippen LogP contribution in [0.4, 0.5) is 10.5 Å². The Morgan fingerprint density at radius 3 is 2.42 bits per heavy atom. The fraction of sp³-hybridized carbons (Fsp3) is 0.0625. The van der Waals surface area contributed by atoms with E-state index >= 15 is 0 Å². The van der Waals surface area contributed by atoms with Gasteiger partial charge in [0.15, 0.2) is 4.67 Å². The molecule has 24 heavy (non-hydrogen) atoms. The number of barbiturate groups is 1. The third kappa shape index (κ3) is 2.95. The van der Waals surface area contributed by atoms with Crippen LogP contribution in [0.5, 0.6) is 5.75 Å². The van der Waals surface area contributed by atoms with Crippen LogP contribution in [0.25, 0.3) is 6.08 Å². The van der Waals surface area contributed by atoms with Crippen molar-refractivity contribution in [1.29, 1.82) is 0 Å². The third-order valence-electron chi connectivity index (χ3n) is 3.31. The summed E-state index contributed by atoms with van der Waals surface area (Å²) in [5, 5.41) is 2.14. The smallest absolute Gasteiger partial charge is 0.335 e. The maximum absolute atomic E-state index is 12.6. The van der Waals surface area contributed by atoms with E-state index in [2.05, 4.69) is 21.2 Å². The van der Waals surface area contributed by atoms with Gasteiger partial charge in [-0.3, -0.25) is 14.9 Å². The first-order valence-corrected chi connectivity index (χ1v) is 7.60. The molecule has 0 radical (unpaired) electrons. The molecule has 0 bridgehead atoms. The highest BCUT2D eigenvalue weighted by atomic mass is 79.9. The number of anilines is 1. The van der Waals surface area contributed by atoms with Crippen molar-refractivity contribution in [3.05, 3.63) is 52.4 Å². The van der Waals surface area contributed by atoms with E-state index in [-0.39, 0.29) is 5.57 Å². The number of furan rings is 1. The normalized spacial score (nSPS) is 16.5. The first-order chi connectivity index (χ1) is 11.5. The molecule has 3 rings (SSSR count). The lowest BCUT2D eigenvalue weighted by Crippen LogP contribution is -2.54. The molecule has 1 aromatic carbocycles. The van der Waals surface area contributed by atoms with Crippen LogP contribution in [0.15, 0.2) is 51.1 Å². The van der Waals surface area contributed by atoms with Gasteiger partial charge in [0.05, 0.1) is 12.8 Å². The van der Waals surface area contributed by atoms with Crippen molar-refractivity contribution in [2.45, 2.75) is 0 Å². The molecule has 1 aromatic heterocycles. The Bertz CT molecular complexity index is 854. The molecule has 0 aliphatic carbocycles. The number of hydrogen-bond donors (Lipinski definition) is 1. The molecule has 0 spiro atoms. The van der Waals surface area contributed by atoms with Crippen molar-refractivity contribution < 1.29 is 23.5 Å². The fourth-order valence-corrected chi connectivity index (χ4v) is 2.49. The maximum atomic E-state index is 12.6. The molecule has 1 saturated heterocycles. The molecule has 0 atom stereocenters. The first kappa shape index (κ1) is 16.0. The molecule has 7 nitrogen and oxygen atoms in total. The summed E-state index contributed by atoms with van der Waals surface area (Å²) < 4.78 is 10.8. The summed E-state index contributed by atoms with van der Waals surface area (Å²) in [7, 11) is 1.51. The minimum absolute atomic E-state index is 0.202. The number of nitrogens with one attached hydrogen (secondary N) is 1. The predicted molar refractivity (Wildman–Crippen MR) is 88.4 cm³/mol. The second-order valence-corrected chi connectivity index (χ2v) is 5.58. The molecule has 122 valence electrons. The summed E-state index contributed by atoms with van der Waals surface area (Å²) in [4.78, 5) is 37.5. The summed E-state index contributed by atoms with van der Waals surface area (Å²) in [5.74, 6) is -0.621. The molecule has 1 aliphatic heterocycles.